The van der Waals surface area contributed by atoms with Crippen molar-refractivity contribution < 1.29 is 14.3 Å². The highest BCUT2D eigenvalue weighted by molar-refractivity contribution is 6.30. The van der Waals surface area contributed by atoms with Crippen molar-refractivity contribution in [1.29, 1.82) is 0 Å². The highest BCUT2D eigenvalue weighted by Crippen LogP contribution is 2.20. The molecule has 0 saturated carbocycles. The summed E-state index contributed by atoms with van der Waals surface area (Å²) in [5.41, 5.74) is 2.20. The monoisotopic (exact) mass is 375 g/mol. The van der Waals surface area contributed by atoms with Crippen LogP contribution >= 0.6 is 11.6 Å². The van der Waals surface area contributed by atoms with Crippen LogP contribution in [0, 0.1) is 6.92 Å². The number of benzene rings is 2. The Morgan fingerprint density at radius 2 is 1.81 bits per heavy atom. The second kappa shape index (κ2) is 9.10. The van der Waals surface area contributed by atoms with Crippen LogP contribution in [0.2, 0.25) is 5.02 Å². The zero-order valence-electron chi connectivity index (χ0n) is 15.0. The number of hydrogen-bond donors (Lipinski definition) is 2. The molecule has 7 heteroatoms. The molecule has 0 aromatic heterocycles. The summed E-state index contributed by atoms with van der Waals surface area (Å²) in [6, 6.07) is 12.1. The lowest BCUT2D eigenvalue weighted by molar-refractivity contribution is -0.114. The standard InChI is InChI=1S/C19H22ClN3O3/c1-13-4-7-16(12-18(13)21-14(2)24)22-19(25)23(3)10-11-26-17-8-5-15(20)6-9-17/h4-9,12H,10-11H2,1-3H3,(H,21,24)(H,22,25). The fourth-order valence-corrected chi connectivity index (χ4v) is 2.30. The van der Waals surface area contributed by atoms with Gasteiger partial charge in [-0.2, -0.15) is 0 Å². The number of ether oxygens (including phenoxy) is 1. The van der Waals surface area contributed by atoms with E-state index in [1.54, 1.807) is 43.4 Å². The zero-order valence-corrected chi connectivity index (χ0v) is 15.8. The number of carbonyl (C=O) groups is 2. The summed E-state index contributed by atoms with van der Waals surface area (Å²) in [6.45, 7) is 4.10. The van der Waals surface area contributed by atoms with E-state index in [-0.39, 0.29) is 11.9 Å². The van der Waals surface area contributed by atoms with Crippen LogP contribution in [0.5, 0.6) is 5.75 Å². The minimum atomic E-state index is -0.262. The van der Waals surface area contributed by atoms with Gasteiger partial charge in [0.25, 0.3) is 0 Å². The van der Waals surface area contributed by atoms with E-state index in [1.165, 1.54) is 11.8 Å². The number of halogens is 1. The van der Waals surface area contributed by atoms with Gasteiger partial charge in [0.05, 0.1) is 6.54 Å². The Bertz CT molecular complexity index is 778. The summed E-state index contributed by atoms with van der Waals surface area (Å²) in [5, 5.41) is 6.18. The van der Waals surface area contributed by atoms with Gasteiger partial charge >= 0.3 is 6.03 Å². The second-order valence-electron chi connectivity index (χ2n) is 5.86. The summed E-state index contributed by atoms with van der Waals surface area (Å²) in [4.78, 5) is 25.0. The molecule has 2 rings (SSSR count). The normalized spacial score (nSPS) is 10.2. The van der Waals surface area contributed by atoms with Gasteiger partial charge in [-0.25, -0.2) is 4.79 Å². The Hall–Kier alpha value is -2.73. The van der Waals surface area contributed by atoms with E-state index in [1.807, 2.05) is 13.0 Å². The lowest BCUT2D eigenvalue weighted by Crippen LogP contribution is -2.34. The molecule has 26 heavy (non-hydrogen) atoms. The minimum absolute atomic E-state index is 0.159. The number of aryl methyl sites for hydroxylation is 1. The maximum atomic E-state index is 12.3. The third-order valence-corrected chi connectivity index (χ3v) is 3.91. The first-order valence-corrected chi connectivity index (χ1v) is 8.51. The van der Waals surface area contributed by atoms with Crippen molar-refractivity contribution in [3.63, 3.8) is 0 Å². The number of rotatable bonds is 6. The van der Waals surface area contributed by atoms with Crippen LogP contribution in [0.25, 0.3) is 0 Å². The van der Waals surface area contributed by atoms with E-state index in [4.69, 9.17) is 16.3 Å². The molecule has 0 fully saturated rings. The highest BCUT2D eigenvalue weighted by atomic mass is 35.5. The number of nitrogens with one attached hydrogen (secondary N) is 2. The second-order valence-corrected chi connectivity index (χ2v) is 6.30. The number of urea groups is 1. The maximum absolute atomic E-state index is 12.3. The van der Waals surface area contributed by atoms with Crippen LogP contribution in [0.3, 0.4) is 0 Å². The van der Waals surface area contributed by atoms with Crippen molar-refractivity contribution in [3.8, 4) is 5.75 Å². The Balaban J connectivity index is 1.86. The van der Waals surface area contributed by atoms with Crippen molar-refractivity contribution in [3.05, 3.63) is 53.1 Å². The number of anilines is 2. The molecule has 2 N–H and O–H groups in total. The molecule has 0 spiro atoms. The Morgan fingerprint density at radius 1 is 1.12 bits per heavy atom. The Kier molecular flexibility index (Phi) is 6.86. The van der Waals surface area contributed by atoms with Gasteiger partial charge in [0.2, 0.25) is 5.91 Å². The average Bonchev–Trinajstić information content (AvgIpc) is 2.59. The molecule has 0 saturated heterocycles. The molecule has 6 nitrogen and oxygen atoms in total. The largest absolute Gasteiger partial charge is 0.492 e. The lowest BCUT2D eigenvalue weighted by Gasteiger charge is -2.19. The number of carbonyl (C=O) groups excluding carboxylic acids is 2. The van der Waals surface area contributed by atoms with Crippen molar-refractivity contribution in [1.82, 2.24) is 4.90 Å². The Morgan fingerprint density at radius 3 is 2.46 bits per heavy atom. The number of likely N-dealkylation sites (N-methyl/N-ethyl adjacent to an activating group) is 1. The number of hydrogen-bond acceptors (Lipinski definition) is 3. The molecule has 0 aliphatic heterocycles. The lowest BCUT2D eigenvalue weighted by atomic mass is 10.2. The predicted molar refractivity (Wildman–Crippen MR) is 104 cm³/mol. The van der Waals surface area contributed by atoms with Crippen molar-refractivity contribution >= 4 is 34.9 Å². The number of amides is 3. The van der Waals surface area contributed by atoms with E-state index < -0.39 is 0 Å². The van der Waals surface area contributed by atoms with Crippen molar-refractivity contribution in [2.24, 2.45) is 0 Å². The predicted octanol–water partition coefficient (Wildman–Crippen LogP) is 4.15. The first kappa shape index (κ1) is 19.6. The van der Waals surface area contributed by atoms with Crippen LogP contribution in [0.1, 0.15) is 12.5 Å². The van der Waals surface area contributed by atoms with Crippen LogP contribution < -0.4 is 15.4 Å². The van der Waals surface area contributed by atoms with Crippen molar-refractivity contribution in [2.75, 3.05) is 30.8 Å². The van der Waals surface area contributed by atoms with Gasteiger partial charge in [0.1, 0.15) is 12.4 Å². The van der Waals surface area contributed by atoms with Crippen molar-refractivity contribution in [2.45, 2.75) is 13.8 Å². The van der Waals surface area contributed by atoms with E-state index in [0.717, 1.165) is 5.56 Å². The molecule has 2 aromatic rings. The highest BCUT2D eigenvalue weighted by Gasteiger charge is 2.10. The van der Waals surface area contributed by atoms with Crippen LogP contribution in [0.4, 0.5) is 16.2 Å². The smallest absolute Gasteiger partial charge is 0.321 e. The molecule has 0 atom stereocenters. The molecule has 2 aromatic carbocycles. The zero-order chi connectivity index (χ0) is 19.1. The van der Waals surface area contributed by atoms with Gasteiger partial charge in [-0.05, 0) is 48.9 Å². The fourth-order valence-electron chi connectivity index (χ4n) is 2.18. The van der Waals surface area contributed by atoms with Gasteiger partial charge in [0, 0.05) is 30.4 Å². The third kappa shape index (κ3) is 5.97. The molecule has 0 unspecified atom stereocenters. The summed E-state index contributed by atoms with van der Waals surface area (Å²) in [6.07, 6.45) is 0. The van der Waals surface area contributed by atoms with Gasteiger partial charge in [-0.15, -0.1) is 0 Å². The summed E-state index contributed by atoms with van der Waals surface area (Å²) < 4.78 is 5.58. The van der Waals surface area contributed by atoms with E-state index in [9.17, 15) is 9.59 Å². The summed E-state index contributed by atoms with van der Waals surface area (Å²) in [7, 11) is 1.68. The molecule has 0 bridgehead atoms. The van der Waals surface area contributed by atoms with Crippen LogP contribution in [-0.4, -0.2) is 37.0 Å². The molecule has 0 radical (unpaired) electrons. The van der Waals surface area contributed by atoms with Crippen LogP contribution in [0.15, 0.2) is 42.5 Å². The Labute approximate surface area is 158 Å². The first-order chi connectivity index (χ1) is 12.3. The number of nitrogens with zero attached hydrogens (tertiary/aromatic N) is 1. The third-order valence-electron chi connectivity index (χ3n) is 3.66. The molecule has 0 aliphatic rings. The van der Waals surface area contributed by atoms with E-state index >= 15 is 0 Å². The topological polar surface area (TPSA) is 70.7 Å². The van der Waals surface area contributed by atoms with Gasteiger partial charge in [-0.1, -0.05) is 17.7 Å². The fraction of sp³-hybridized carbons (Fsp3) is 0.263. The molecule has 3 amide bonds. The van der Waals surface area contributed by atoms with E-state index in [0.29, 0.717) is 35.3 Å². The molecule has 138 valence electrons. The SMILES string of the molecule is CC(=O)Nc1cc(NC(=O)N(C)CCOc2ccc(Cl)cc2)ccc1C. The molecular formula is C19H22ClN3O3. The van der Waals surface area contributed by atoms with E-state index in [2.05, 4.69) is 10.6 Å². The summed E-state index contributed by atoms with van der Waals surface area (Å²) >= 11 is 5.82. The van der Waals surface area contributed by atoms with Gasteiger partial charge < -0.3 is 20.3 Å². The average molecular weight is 376 g/mol. The minimum Gasteiger partial charge on any atom is -0.492 e. The van der Waals surface area contributed by atoms with Gasteiger partial charge in [-0.3, -0.25) is 4.79 Å². The molecule has 0 aliphatic carbocycles. The maximum Gasteiger partial charge on any atom is 0.321 e. The molecular weight excluding hydrogens is 354 g/mol. The van der Waals surface area contributed by atoms with Gasteiger partial charge in [0.15, 0.2) is 0 Å². The first-order valence-electron chi connectivity index (χ1n) is 8.14. The van der Waals surface area contributed by atoms with Crippen LogP contribution in [-0.2, 0) is 4.79 Å². The molecule has 0 heterocycles. The quantitative estimate of drug-likeness (QED) is 0.796. The summed E-state index contributed by atoms with van der Waals surface area (Å²) in [5.74, 6) is 0.537.